The van der Waals surface area contributed by atoms with Crippen LogP contribution in [0.5, 0.6) is 0 Å². The van der Waals surface area contributed by atoms with Crippen molar-refractivity contribution in [3.8, 4) is 0 Å². The Hall–Kier alpha value is 0.557. The van der Waals surface area contributed by atoms with Crippen molar-refractivity contribution >= 4 is 0 Å². The number of rotatable bonds is 1. The van der Waals surface area contributed by atoms with Crippen LogP contribution in [0.3, 0.4) is 0 Å². The summed E-state index contributed by atoms with van der Waals surface area (Å²) in [5.41, 5.74) is 0. The molecule has 0 heterocycles. The molecule has 0 aliphatic heterocycles. The van der Waals surface area contributed by atoms with Crippen LogP contribution in [-0.2, 0) is 0 Å². The van der Waals surface area contributed by atoms with Crippen molar-refractivity contribution in [2.45, 2.75) is 13.8 Å². The summed E-state index contributed by atoms with van der Waals surface area (Å²) in [6, 6.07) is 0. The molecule has 0 saturated heterocycles. The molecule has 0 atom stereocenters. The van der Waals surface area contributed by atoms with Crippen molar-refractivity contribution in [3.63, 3.8) is 0 Å². The van der Waals surface area contributed by atoms with Gasteiger partial charge in [-0.15, -0.1) is 0 Å². The zero-order chi connectivity index (χ0) is 4.28. The maximum absolute atomic E-state index is 8.14. The third-order valence-electron chi connectivity index (χ3n) is 0.365. The molecule has 0 aromatic rings. The molecule has 0 aromatic carbocycles. The minimum absolute atomic E-state index is 0. The molecule has 0 unspecified atom stereocenters. The maximum atomic E-state index is 8.14. The molecule has 0 aliphatic carbocycles. The van der Waals surface area contributed by atoms with E-state index in [1.54, 1.807) is 0 Å². The summed E-state index contributed by atoms with van der Waals surface area (Å²) >= 11 is 0. The molecule has 1 nitrogen and oxygen atoms in total. The van der Waals surface area contributed by atoms with Gasteiger partial charge in [0.25, 0.3) is 0 Å². The first-order valence-electron chi connectivity index (χ1n) is 1.88. The second kappa shape index (κ2) is 5.56. The zero-order valence-corrected chi connectivity index (χ0v) is 4.73. The minimum atomic E-state index is 0. The average Bonchev–Trinajstić information content (AvgIpc) is 1.38. The monoisotopic (exact) mass is 82.1 g/mol. The van der Waals surface area contributed by atoms with Crippen molar-refractivity contribution < 1.29 is 25.4 Å². The molecule has 0 spiro atoms. The molecular formula is C4H11LiO. The van der Waals surface area contributed by atoms with Crippen molar-refractivity contribution in [2.75, 3.05) is 6.61 Å². The molecule has 2 heteroatoms. The van der Waals surface area contributed by atoms with Gasteiger partial charge in [0.2, 0.25) is 0 Å². The van der Waals surface area contributed by atoms with Crippen LogP contribution in [0, 0.1) is 5.92 Å². The molecule has 0 aliphatic rings. The van der Waals surface area contributed by atoms with E-state index < -0.39 is 0 Å². The van der Waals surface area contributed by atoms with E-state index in [-0.39, 0.29) is 20.3 Å². The Bertz CT molecular complexity index is 25.7. The van der Waals surface area contributed by atoms with E-state index in [2.05, 4.69) is 0 Å². The number of aliphatic hydroxyl groups is 1. The average molecular weight is 82.1 g/mol. The number of hydrogen-bond donors (Lipinski definition) is 1. The van der Waals surface area contributed by atoms with Crippen LogP contribution in [0.25, 0.3) is 0 Å². The van der Waals surface area contributed by atoms with Gasteiger partial charge < -0.3 is 6.53 Å². The van der Waals surface area contributed by atoms with Crippen molar-refractivity contribution in [1.82, 2.24) is 0 Å². The summed E-state index contributed by atoms with van der Waals surface area (Å²) in [7, 11) is 0. The Kier molecular flexibility index (Phi) is 9.03. The predicted molar refractivity (Wildman–Crippen MR) is 23.0 cm³/mol. The van der Waals surface area contributed by atoms with Gasteiger partial charge in [-0.1, -0.05) is 13.8 Å². The summed E-state index contributed by atoms with van der Waals surface area (Å²) < 4.78 is 0. The quantitative estimate of drug-likeness (QED) is 0.354. The maximum Gasteiger partial charge on any atom is 1.00 e. The molecule has 1 N–H and O–H groups in total. The van der Waals surface area contributed by atoms with Crippen LogP contribution in [0.15, 0.2) is 0 Å². The summed E-state index contributed by atoms with van der Waals surface area (Å²) in [5.74, 6) is 0.440. The number of aliphatic hydroxyl groups excluding tert-OH is 1. The van der Waals surface area contributed by atoms with Gasteiger partial charge in [-0.3, -0.25) is 0 Å². The van der Waals surface area contributed by atoms with Gasteiger partial charge in [-0.2, -0.15) is 0 Å². The Morgan fingerprint density at radius 1 is 1.67 bits per heavy atom. The SMILES string of the molecule is CC(C)CO.[H-].[Li+]. The van der Waals surface area contributed by atoms with Gasteiger partial charge in [0.05, 0.1) is 0 Å². The first-order chi connectivity index (χ1) is 2.27. The fraction of sp³-hybridized carbons (Fsp3) is 1.00. The zero-order valence-electron chi connectivity index (χ0n) is 5.73. The second-order valence-electron chi connectivity index (χ2n) is 1.58. The Labute approximate surface area is 52.4 Å². The van der Waals surface area contributed by atoms with Gasteiger partial charge in [-0.25, -0.2) is 0 Å². The van der Waals surface area contributed by atoms with E-state index in [1.807, 2.05) is 13.8 Å². The van der Waals surface area contributed by atoms with Gasteiger partial charge in [0.15, 0.2) is 0 Å². The topological polar surface area (TPSA) is 20.2 Å². The van der Waals surface area contributed by atoms with E-state index in [0.717, 1.165) is 0 Å². The largest absolute Gasteiger partial charge is 1.00 e. The van der Waals surface area contributed by atoms with Gasteiger partial charge in [0.1, 0.15) is 0 Å². The van der Waals surface area contributed by atoms with Crippen molar-refractivity contribution in [1.29, 1.82) is 0 Å². The van der Waals surface area contributed by atoms with Crippen LogP contribution in [0.4, 0.5) is 0 Å². The van der Waals surface area contributed by atoms with Crippen LogP contribution in [0.1, 0.15) is 15.3 Å². The minimum Gasteiger partial charge on any atom is -1.00 e. The van der Waals surface area contributed by atoms with E-state index in [1.165, 1.54) is 0 Å². The van der Waals surface area contributed by atoms with Crippen LogP contribution in [-0.4, -0.2) is 11.7 Å². The third-order valence-corrected chi connectivity index (χ3v) is 0.365. The third kappa shape index (κ3) is 8.82. The Morgan fingerprint density at radius 2 is 1.83 bits per heavy atom. The Morgan fingerprint density at radius 3 is 1.83 bits per heavy atom. The van der Waals surface area contributed by atoms with E-state index in [0.29, 0.717) is 12.5 Å². The molecule has 6 heavy (non-hydrogen) atoms. The van der Waals surface area contributed by atoms with Crippen LogP contribution < -0.4 is 18.9 Å². The van der Waals surface area contributed by atoms with Crippen LogP contribution in [0.2, 0.25) is 0 Å². The first-order valence-corrected chi connectivity index (χ1v) is 1.88. The molecule has 0 amide bonds. The smallest absolute Gasteiger partial charge is 1.00 e. The normalized spacial score (nSPS) is 8.00. The van der Waals surface area contributed by atoms with E-state index in [4.69, 9.17) is 5.11 Å². The number of hydrogen-bond acceptors (Lipinski definition) is 1. The summed E-state index contributed by atoms with van der Waals surface area (Å²) in [6.45, 7) is 4.25. The molecule has 0 radical (unpaired) electrons. The van der Waals surface area contributed by atoms with Crippen molar-refractivity contribution in [2.24, 2.45) is 5.92 Å². The molecular weight excluding hydrogens is 71.0 g/mol. The molecule has 0 rings (SSSR count). The molecule has 34 valence electrons. The van der Waals surface area contributed by atoms with Crippen LogP contribution >= 0.6 is 0 Å². The summed E-state index contributed by atoms with van der Waals surface area (Å²) in [4.78, 5) is 0. The van der Waals surface area contributed by atoms with Gasteiger partial charge in [0, 0.05) is 6.61 Å². The second-order valence-corrected chi connectivity index (χ2v) is 1.58. The summed E-state index contributed by atoms with van der Waals surface area (Å²) in [5, 5.41) is 8.14. The molecule has 0 aromatic heterocycles. The van der Waals surface area contributed by atoms with E-state index >= 15 is 0 Å². The summed E-state index contributed by atoms with van der Waals surface area (Å²) in [6.07, 6.45) is 0. The standard InChI is InChI=1S/C4H10O.Li.H/c1-4(2)3-5;;/h4-5H,3H2,1-2H3;;/q;+1;-1. The van der Waals surface area contributed by atoms with E-state index in [9.17, 15) is 0 Å². The molecule has 0 bridgehead atoms. The Balaban J connectivity index is -0.0000000800. The van der Waals surface area contributed by atoms with Gasteiger partial charge in [-0.05, 0) is 5.92 Å². The predicted octanol–water partition coefficient (Wildman–Crippen LogP) is -2.25. The fourth-order valence-corrected chi connectivity index (χ4v) is 0. The first kappa shape index (κ1) is 9.75. The molecule has 0 saturated carbocycles. The molecule has 0 fully saturated rings. The van der Waals surface area contributed by atoms with Crippen molar-refractivity contribution in [3.05, 3.63) is 0 Å². The van der Waals surface area contributed by atoms with Gasteiger partial charge >= 0.3 is 18.9 Å². The fourth-order valence-electron chi connectivity index (χ4n) is 0.